The Kier molecular flexibility index (Phi) is 3.49. The fourth-order valence-corrected chi connectivity index (χ4v) is 1.23. The predicted molar refractivity (Wildman–Crippen MR) is 47.7 cm³/mol. The first-order chi connectivity index (χ1) is 6.60. The largest absolute Gasteiger partial charge is 0.392 e. The molecule has 0 saturated carbocycles. The normalized spacial score (nSPS) is 11.0. The van der Waals surface area contributed by atoms with Crippen molar-refractivity contribution in [1.29, 1.82) is 0 Å². The Morgan fingerprint density at radius 3 is 2.64 bits per heavy atom. The SMILES string of the molecule is Cc1nc(CN)c(C(F)F)cc1CO. The van der Waals surface area contributed by atoms with E-state index in [-0.39, 0.29) is 24.4 Å². The van der Waals surface area contributed by atoms with Crippen LogP contribution in [0, 0.1) is 6.92 Å². The summed E-state index contributed by atoms with van der Waals surface area (Å²) in [6, 6.07) is 1.26. The van der Waals surface area contributed by atoms with Gasteiger partial charge in [0.15, 0.2) is 0 Å². The zero-order valence-electron chi connectivity index (χ0n) is 7.80. The third-order valence-electron chi connectivity index (χ3n) is 2.03. The maximum absolute atomic E-state index is 12.5. The molecular weight excluding hydrogens is 190 g/mol. The van der Waals surface area contributed by atoms with Gasteiger partial charge in [0.2, 0.25) is 0 Å². The lowest BCUT2D eigenvalue weighted by molar-refractivity contribution is 0.149. The van der Waals surface area contributed by atoms with Gasteiger partial charge >= 0.3 is 0 Å². The van der Waals surface area contributed by atoms with Gasteiger partial charge in [-0.25, -0.2) is 8.78 Å². The smallest absolute Gasteiger partial charge is 0.265 e. The van der Waals surface area contributed by atoms with Gasteiger partial charge in [0.05, 0.1) is 12.3 Å². The Balaban J connectivity index is 3.25. The average Bonchev–Trinajstić information content (AvgIpc) is 2.16. The van der Waals surface area contributed by atoms with Crippen molar-refractivity contribution in [2.24, 2.45) is 5.73 Å². The van der Waals surface area contributed by atoms with Gasteiger partial charge in [-0.1, -0.05) is 0 Å². The number of halogens is 2. The minimum absolute atomic E-state index is 0.0216. The molecule has 0 aliphatic rings. The highest BCUT2D eigenvalue weighted by Crippen LogP contribution is 2.23. The Bertz CT molecular complexity index is 329. The molecule has 0 unspecified atom stereocenters. The predicted octanol–water partition coefficient (Wildman–Crippen LogP) is 1.28. The van der Waals surface area contributed by atoms with Crippen molar-refractivity contribution in [1.82, 2.24) is 4.98 Å². The minimum atomic E-state index is -2.60. The number of hydrogen-bond acceptors (Lipinski definition) is 3. The van der Waals surface area contributed by atoms with Crippen molar-refractivity contribution in [3.8, 4) is 0 Å². The molecule has 5 heteroatoms. The molecule has 0 aliphatic heterocycles. The Morgan fingerprint density at radius 2 is 2.21 bits per heavy atom. The van der Waals surface area contributed by atoms with E-state index in [4.69, 9.17) is 10.8 Å². The van der Waals surface area contributed by atoms with Gasteiger partial charge in [-0.2, -0.15) is 0 Å². The van der Waals surface area contributed by atoms with E-state index in [0.29, 0.717) is 11.3 Å². The summed E-state index contributed by atoms with van der Waals surface area (Å²) in [4.78, 5) is 3.92. The molecule has 0 spiro atoms. The van der Waals surface area contributed by atoms with E-state index in [2.05, 4.69) is 4.98 Å². The number of hydrogen-bond donors (Lipinski definition) is 2. The standard InChI is InChI=1S/C9H12F2N2O/c1-5-6(4-14)2-7(9(10)11)8(3-12)13-5/h2,9,14H,3-4,12H2,1H3. The van der Waals surface area contributed by atoms with Crippen molar-refractivity contribution in [2.45, 2.75) is 26.5 Å². The zero-order chi connectivity index (χ0) is 10.7. The molecule has 0 aliphatic carbocycles. The van der Waals surface area contributed by atoms with Crippen molar-refractivity contribution < 1.29 is 13.9 Å². The molecule has 3 nitrogen and oxygen atoms in total. The third kappa shape index (κ3) is 2.05. The molecule has 1 rings (SSSR count). The number of aromatic nitrogens is 1. The number of rotatable bonds is 3. The summed E-state index contributed by atoms with van der Waals surface area (Å²) < 4.78 is 25.0. The van der Waals surface area contributed by atoms with Crippen LogP contribution in [0.4, 0.5) is 8.78 Å². The van der Waals surface area contributed by atoms with Gasteiger partial charge in [0.25, 0.3) is 6.43 Å². The quantitative estimate of drug-likeness (QED) is 0.776. The minimum Gasteiger partial charge on any atom is -0.392 e. The Hall–Kier alpha value is -1.07. The van der Waals surface area contributed by atoms with Crippen molar-refractivity contribution in [3.63, 3.8) is 0 Å². The van der Waals surface area contributed by atoms with Crippen LogP contribution in [0.2, 0.25) is 0 Å². The maximum atomic E-state index is 12.5. The number of pyridine rings is 1. The fourth-order valence-electron chi connectivity index (χ4n) is 1.23. The maximum Gasteiger partial charge on any atom is 0.265 e. The second-order valence-electron chi connectivity index (χ2n) is 2.93. The van der Waals surface area contributed by atoms with E-state index >= 15 is 0 Å². The van der Waals surface area contributed by atoms with Crippen LogP contribution >= 0.6 is 0 Å². The van der Waals surface area contributed by atoms with E-state index in [1.807, 2.05) is 0 Å². The van der Waals surface area contributed by atoms with Crippen LogP contribution in [0.3, 0.4) is 0 Å². The van der Waals surface area contributed by atoms with Crippen LogP contribution in [-0.2, 0) is 13.2 Å². The van der Waals surface area contributed by atoms with Crippen LogP contribution < -0.4 is 5.73 Å². The second-order valence-corrected chi connectivity index (χ2v) is 2.93. The van der Waals surface area contributed by atoms with Gasteiger partial charge in [-0.05, 0) is 18.6 Å². The molecule has 1 aromatic heterocycles. The highest BCUT2D eigenvalue weighted by Gasteiger charge is 2.15. The summed E-state index contributed by atoms with van der Waals surface area (Å²) in [5, 5.41) is 8.87. The first kappa shape index (κ1) is 11.0. The Labute approximate surface area is 80.6 Å². The molecule has 3 N–H and O–H groups in total. The third-order valence-corrected chi connectivity index (χ3v) is 2.03. The van der Waals surface area contributed by atoms with Crippen LogP contribution in [0.1, 0.15) is 28.9 Å². The molecule has 0 aromatic carbocycles. The van der Waals surface area contributed by atoms with E-state index in [9.17, 15) is 8.78 Å². The van der Waals surface area contributed by atoms with Crippen LogP contribution in [0.25, 0.3) is 0 Å². The number of nitrogens with two attached hydrogens (primary N) is 1. The lowest BCUT2D eigenvalue weighted by Crippen LogP contribution is -2.08. The molecule has 1 heterocycles. The molecule has 0 saturated heterocycles. The van der Waals surface area contributed by atoms with Crippen molar-refractivity contribution >= 4 is 0 Å². The summed E-state index contributed by atoms with van der Waals surface area (Å²) in [7, 11) is 0. The summed E-state index contributed by atoms with van der Waals surface area (Å²) in [5.74, 6) is 0. The van der Waals surface area contributed by atoms with Gasteiger partial charge in [-0.15, -0.1) is 0 Å². The van der Waals surface area contributed by atoms with E-state index in [1.54, 1.807) is 6.92 Å². The molecule has 14 heavy (non-hydrogen) atoms. The van der Waals surface area contributed by atoms with Gasteiger partial charge in [0, 0.05) is 17.8 Å². The fraction of sp³-hybridized carbons (Fsp3) is 0.444. The summed E-state index contributed by atoms with van der Waals surface area (Å²) in [6.45, 7) is 1.34. The second kappa shape index (κ2) is 4.43. The molecule has 0 bridgehead atoms. The van der Waals surface area contributed by atoms with Crippen molar-refractivity contribution in [3.05, 3.63) is 28.6 Å². The molecule has 0 amide bonds. The number of nitrogens with zero attached hydrogens (tertiary/aromatic N) is 1. The molecular formula is C9H12F2N2O. The number of aryl methyl sites for hydroxylation is 1. The van der Waals surface area contributed by atoms with E-state index in [0.717, 1.165) is 0 Å². The first-order valence-corrected chi connectivity index (χ1v) is 4.18. The molecule has 1 aromatic rings. The van der Waals surface area contributed by atoms with Crippen LogP contribution in [0.5, 0.6) is 0 Å². The molecule has 78 valence electrons. The summed E-state index contributed by atoms with van der Waals surface area (Å²) >= 11 is 0. The molecule has 0 radical (unpaired) electrons. The van der Waals surface area contributed by atoms with E-state index in [1.165, 1.54) is 6.07 Å². The molecule has 0 fully saturated rings. The molecule has 0 atom stereocenters. The monoisotopic (exact) mass is 202 g/mol. The number of aliphatic hydroxyl groups excluding tert-OH is 1. The van der Waals surface area contributed by atoms with E-state index < -0.39 is 6.43 Å². The topological polar surface area (TPSA) is 59.1 Å². The van der Waals surface area contributed by atoms with Gasteiger partial charge in [-0.3, -0.25) is 4.98 Å². The highest BCUT2D eigenvalue weighted by atomic mass is 19.3. The number of aliphatic hydroxyl groups is 1. The zero-order valence-corrected chi connectivity index (χ0v) is 7.80. The Morgan fingerprint density at radius 1 is 1.57 bits per heavy atom. The van der Waals surface area contributed by atoms with Gasteiger partial charge in [0.1, 0.15) is 0 Å². The van der Waals surface area contributed by atoms with Crippen LogP contribution in [-0.4, -0.2) is 10.1 Å². The summed E-state index contributed by atoms with van der Waals surface area (Å²) in [6.07, 6.45) is -2.60. The van der Waals surface area contributed by atoms with Crippen LogP contribution in [0.15, 0.2) is 6.07 Å². The lowest BCUT2D eigenvalue weighted by atomic mass is 10.1. The highest BCUT2D eigenvalue weighted by molar-refractivity contribution is 5.30. The lowest BCUT2D eigenvalue weighted by Gasteiger charge is -2.10. The first-order valence-electron chi connectivity index (χ1n) is 4.18. The number of alkyl halides is 2. The van der Waals surface area contributed by atoms with Gasteiger partial charge < -0.3 is 10.8 Å². The van der Waals surface area contributed by atoms with Crippen molar-refractivity contribution in [2.75, 3.05) is 0 Å². The average molecular weight is 202 g/mol. The summed E-state index contributed by atoms with van der Waals surface area (Å²) in [5.41, 5.74) is 6.24.